The standard InChI is InChI=1S/C8H16ClNO4S2/c9-4-1-2-5-16(13,14)10-8-3-6-15(11,12)7-8/h8,10H,1-7H2. The quantitative estimate of drug-likeness (QED) is 0.556. The number of sulfone groups is 1. The lowest BCUT2D eigenvalue weighted by Crippen LogP contribution is -2.37. The Balaban J connectivity index is 2.42. The predicted molar refractivity (Wildman–Crippen MR) is 63.9 cm³/mol. The lowest BCUT2D eigenvalue weighted by molar-refractivity contribution is 0.559. The summed E-state index contributed by atoms with van der Waals surface area (Å²) in [6.45, 7) is 0. The van der Waals surface area contributed by atoms with Crippen LogP contribution in [-0.2, 0) is 19.9 Å². The molecule has 0 aromatic heterocycles. The molecule has 1 N–H and O–H groups in total. The maximum absolute atomic E-state index is 11.5. The molecule has 1 aliphatic rings. The summed E-state index contributed by atoms with van der Waals surface area (Å²) in [6.07, 6.45) is 1.51. The van der Waals surface area contributed by atoms with Gasteiger partial charge >= 0.3 is 0 Å². The van der Waals surface area contributed by atoms with Crippen LogP contribution >= 0.6 is 11.6 Å². The van der Waals surface area contributed by atoms with Gasteiger partial charge in [-0.3, -0.25) is 0 Å². The molecule has 1 saturated heterocycles. The largest absolute Gasteiger partial charge is 0.229 e. The summed E-state index contributed by atoms with van der Waals surface area (Å²) in [5.41, 5.74) is 0. The number of sulfonamides is 1. The molecule has 1 aliphatic heterocycles. The molecular formula is C8H16ClNO4S2. The number of unbranched alkanes of at least 4 members (excludes halogenated alkanes) is 1. The van der Waals surface area contributed by atoms with E-state index in [0.29, 0.717) is 25.1 Å². The highest BCUT2D eigenvalue weighted by Gasteiger charge is 2.30. The first-order valence-electron chi connectivity index (χ1n) is 5.11. The molecule has 0 aromatic carbocycles. The number of nitrogens with one attached hydrogen (secondary N) is 1. The molecule has 16 heavy (non-hydrogen) atoms. The number of hydrogen-bond donors (Lipinski definition) is 1. The van der Waals surface area contributed by atoms with Gasteiger partial charge in [0, 0.05) is 11.9 Å². The van der Waals surface area contributed by atoms with E-state index in [9.17, 15) is 16.8 Å². The molecule has 1 heterocycles. The van der Waals surface area contributed by atoms with Crippen molar-refractivity contribution < 1.29 is 16.8 Å². The summed E-state index contributed by atoms with van der Waals surface area (Å²) < 4.78 is 47.7. The smallest absolute Gasteiger partial charge is 0.211 e. The van der Waals surface area contributed by atoms with Gasteiger partial charge in [0.25, 0.3) is 0 Å². The minimum atomic E-state index is -3.36. The predicted octanol–water partition coefficient (Wildman–Crippen LogP) is 0.112. The summed E-state index contributed by atoms with van der Waals surface area (Å²) in [5.74, 6) is 0.438. The minimum absolute atomic E-state index is 0.0102. The molecule has 0 spiro atoms. The van der Waals surface area contributed by atoms with Crippen LogP contribution in [0.3, 0.4) is 0 Å². The second-order valence-electron chi connectivity index (χ2n) is 3.93. The van der Waals surface area contributed by atoms with Crippen LogP contribution in [0.4, 0.5) is 0 Å². The van der Waals surface area contributed by atoms with Gasteiger partial charge in [-0.15, -0.1) is 11.6 Å². The number of hydrogen-bond acceptors (Lipinski definition) is 4. The Labute approximate surface area is 102 Å². The second kappa shape index (κ2) is 5.66. The van der Waals surface area contributed by atoms with E-state index < -0.39 is 25.9 Å². The normalized spacial score (nSPS) is 24.7. The van der Waals surface area contributed by atoms with Crippen LogP contribution in [0.1, 0.15) is 19.3 Å². The van der Waals surface area contributed by atoms with Crippen molar-refractivity contribution in [3.05, 3.63) is 0 Å². The van der Waals surface area contributed by atoms with Crippen molar-refractivity contribution in [2.75, 3.05) is 23.1 Å². The zero-order chi connectivity index (χ0) is 12.2. The summed E-state index contributed by atoms with van der Waals surface area (Å²) >= 11 is 5.44. The minimum Gasteiger partial charge on any atom is -0.229 e. The molecule has 0 amide bonds. The van der Waals surface area contributed by atoms with Gasteiger partial charge in [-0.25, -0.2) is 21.6 Å². The SMILES string of the molecule is O=S1(=O)CCC(NS(=O)(=O)CCCCCl)C1. The van der Waals surface area contributed by atoms with Crippen LogP contribution in [-0.4, -0.2) is 46.0 Å². The molecule has 1 rings (SSSR count). The second-order valence-corrected chi connectivity index (χ2v) is 8.41. The monoisotopic (exact) mass is 289 g/mol. The molecule has 0 saturated carbocycles. The Hall–Kier alpha value is 0.150. The van der Waals surface area contributed by atoms with E-state index in [2.05, 4.69) is 4.72 Å². The number of alkyl halides is 1. The Morgan fingerprint density at radius 2 is 2.00 bits per heavy atom. The molecule has 96 valence electrons. The van der Waals surface area contributed by atoms with Crippen LogP contribution in [0.25, 0.3) is 0 Å². The van der Waals surface area contributed by atoms with E-state index >= 15 is 0 Å². The molecule has 0 bridgehead atoms. The van der Waals surface area contributed by atoms with E-state index in [1.54, 1.807) is 0 Å². The fourth-order valence-electron chi connectivity index (χ4n) is 1.59. The molecule has 1 unspecified atom stereocenters. The van der Waals surface area contributed by atoms with Crippen LogP contribution in [0, 0.1) is 0 Å². The van der Waals surface area contributed by atoms with Crippen LogP contribution in [0.2, 0.25) is 0 Å². The van der Waals surface area contributed by atoms with Crippen molar-refractivity contribution >= 4 is 31.5 Å². The molecule has 5 nitrogen and oxygen atoms in total. The first-order chi connectivity index (χ1) is 7.35. The Bertz CT molecular complexity index is 417. The lowest BCUT2D eigenvalue weighted by atomic mass is 10.3. The fraction of sp³-hybridized carbons (Fsp3) is 1.00. The van der Waals surface area contributed by atoms with Crippen molar-refractivity contribution in [3.8, 4) is 0 Å². The van der Waals surface area contributed by atoms with Gasteiger partial charge in [-0.1, -0.05) is 0 Å². The molecule has 8 heteroatoms. The fourth-order valence-corrected chi connectivity index (χ4v) is 4.97. The van der Waals surface area contributed by atoms with Crippen molar-refractivity contribution in [3.63, 3.8) is 0 Å². The van der Waals surface area contributed by atoms with Crippen LogP contribution in [0.5, 0.6) is 0 Å². The maximum Gasteiger partial charge on any atom is 0.211 e. The Morgan fingerprint density at radius 1 is 1.31 bits per heavy atom. The lowest BCUT2D eigenvalue weighted by Gasteiger charge is -2.10. The van der Waals surface area contributed by atoms with Gasteiger partial charge < -0.3 is 0 Å². The Morgan fingerprint density at radius 3 is 2.50 bits per heavy atom. The van der Waals surface area contributed by atoms with Gasteiger partial charge in [-0.05, 0) is 19.3 Å². The van der Waals surface area contributed by atoms with Crippen molar-refractivity contribution in [2.24, 2.45) is 0 Å². The van der Waals surface area contributed by atoms with Crippen LogP contribution < -0.4 is 4.72 Å². The average Bonchev–Trinajstić information content (AvgIpc) is 2.44. The van der Waals surface area contributed by atoms with E-state index in [0.717, 1.165) is 0 Å². The van der Waals surface area contributed by atoms with Crippen LogP contribution in [0.15, 0.2) is 0 Å². The highest BCUT2D eigenvalue weighted by atomic mass is 35.5. The Kier molecular flexibility index (Phi) is 5.03. The summed E-state index contributed by atoms with van der Waals surface area (Å²) in [4.78, 5) is 0. The number of rotatable bonds is 6. The van der Waals surface area contributed by atoms with Gasteiger partial charge in [0.1, 0.15) is 0 Å². The molecule has 1 atom stereocenters. The number of halogens is 1. The van der Waals surface area contributed by atoms with Gasteiger partial charge in [0.15, 0.2) is 9.84 Å². The molecular weight excluding hydrogens is 274 g/mol. The molecule has 1 fully saturated rings. The van der Waals surface area contributed by atoms with E-state index in [4.69, 9.17) is 11.6 Å². The summed E-state index contributed by atoms with van der Waals surface area (Å²) in [5, 5.41) is 0. The van der Waals surface area contributed by atoms with E-state index in [-0.39, 0.29) is 17.3 Å². The molecule has 0 radical (unpaired) electrons. The summed E-state index contributed by atoms with van der Waals surface area (Å²) in [7, 11) is -6.40. The van der Waals surface area contributed by atoms with Crippen molar-refractivity contribution in [1.29, 1.82) is 0 Å². The molecule has 0 aromatic rings. The van der Waals surface area contributed by atoms with E-state index in [1.807, 2.05) is 0 Å². The summed E-state index contributed by atoms with van der Waals surface area (Å²) in [6, 6.07) is -0.453. The first kappa shape index (κ1) is 14.2. The van der Waals surface area contributed by atoms with Crippen molar-refractivity contribution in [1.82, 2.24) is 4.72 Å². The maximum atomic E-state index is 11.5. The zero-order valence-electron chi connectivity index (χ0n) is 8.85. The first-order valence-corrected chi connectivity index (χ1v) is 9.12. The highest BCUT2D eigenvalue weighted by molar-refractivity contribution is 7.92. The third-order valence-corrected chi connectivity index (χ3v) is 5.93. The third-order valence-electron chi connectivity index (χ3n) is 2.38. The molecule has 0 aliphatic carbocycles. The third kappa shape index (κ3) is 4.99. The van der Waals surface area contributed by atoms with Gasteiger partial charge in [0.2, 0.25) is 10.0 Å². The van der Waals surface area contributed by atoms with Gasteiger partial charge in [0.05, 0.1) is 17.3 Å². The topological polar surface area (TPSA) is 80.3 Å². The van der Waals surface area contributed by atoms with E-state index in [1.165, 1.54) is 0 Å². The zero-order valence-corrected chi connectivity index (χ0v) is 11.2. The van der Waals surface area contributed by atoms with Gasteiger partial charge in [-0.2, -0.15) is 0 Å². The average molecular weight is 290 g/mol. The van der Waals surface area contributed by atoms with Crippen molar-refractivity contribution in [2.45, 2.75) is 25.3 Å². The highest BCUT2D eigenvalue weighted by Crippen LogP contribution is 2.12.